The van der Waals surface area contributed by atoms with Gasteiger partial charge in [0.2, 0.25) is 0 Å². The number of ether oxygens (including phenoxy) is 1. The van der Waals surface area contributed by atoms with Crippen LogP contribution >= 0.6 is 22.9 Å². The van der Waals surface area contributed by atoms with Crippen LogP contribution in [0, 0.1) is 0 Å². The topological polar surface area (TPSA) is 41.6 Å². The Morgan fingerprint density at radius 2 is 1.88 bits per heavy atom. The summed E-state index contributed by atoms with van der Waals surface area (Å²) in [4.78, 5) is 16.1. The maximum absolute atomic E-state index is 12.2. The molecule has 1 N–H and O–H groups in total. The van der Waals surface area contributed by atoms with E-state index in [1.807, 2.05) is 0 Å². The van der Waals surface area contributed by atoms with Gasteiger partial charge in [0.25, 0.3) is 5.91 Å². The fraction of sp³-hybridized carbons (Fsp3) is 0.450. The minimum Gasteiger partial charge on any atom is -0.484 e. The van der Waals surface area contributed by atoms with Crippen LogP contribution < -0.4 is 10.1 Å². The summed E-state index contributed by atoms with van der Waals surface area (Å²) >= 11 is 7.61. The van der Waals surface area contributed by atoms with Crippen molar-refractivity contribution in [3.63, 3.8) is 0 Å². The highest BCUT2D eigenvalue weighted by Crippen LogP contribution is 2.27. The van der Waals surface area contributed by atoms with Gasteiger partial charge in [-0.3, -0.25) is 9.69 Å². The number of likely N-dealkylation sites (tertiary alicyclic amines) is 1. The first-order valence-electron chi connectivity index (χ1n) is 9.15. The zero-order valence-electron chi connectivity index (χ0n) is 14.8. The summed E-state index contributed by atoms with van der Waals surface area (Å²) in [6.45, 7) is 2.82. The summed E-state index contributed by atoms with van der Waals surface area (Å²) < 4.78 is 5.53. The van der Waals surface area contributed by atoms with Gasteiger partial charge in [-0.25, -0.2) is 0 Å². The normalized spacial score (nSPS) is 16.7. The lowest BCUT2D eigenvalue weighted by molar-refractivity contribution is -0.123. The molecule has 4 nitrogen and oxygen atoms in total. The lowest BCUT2D eigenvalue weighted by atomic mass is 10.2. The van der Waals surface area contributed by atoms with Crippen LogP contribution in [0.15, 0.2) is 41.8 Å². The van der Waals surface area contributed by atoms with Crippen LogP contribution in [0.2, 0.25) is 5.02 Å². The largest absolute Gasteiger partial charge is 0.484 e. The zero-order chi connectivity index (χ0) is 18.2. The molecule has 1 aromatic heterocycles. The molecule has 2 heterocycles. The molecule has 0 bridgehead atoms. The van der Waals surface area contributed by atoms with Gasteiger partial charge in [0, 0.05) is 16.4 Å². The summed E-state index contributed by atoms with van der Waals surface area (Å²) in [5.41, 5.74) is 0. The Morgan fingerprint density at radius 3 is 2.54 bits per heavy atom. The number of carbonyl (C=O) groups excluding carboxylic acids is 1. The molecule has 1 atom stereocenters. The molecule has 2 aromatic rings. The van der Waals surface area contributed by atoms with Crippen molar-refractivity contribution in [1.82, 2.24) is 10.2 Å². The summed E-state index contributed by atoms with van der Waals surface area (Å²) in [6, 6.07) is 11.5. The van der Waals surface area contributed by atoms with E-state index in [0.29, 0.717) is 17.3 Å². The van der Waals surface area contributed by atoms with Crippen LogP contribution in [0.1, 0.15) is 36.6 Å². The summed E-state index contributed by atoms with van der Waals surface area (Å²) in [6.07, 6.45) is 5.06. The average Bonchev–Trinajstić information content (AvgIpc) is 3.04. The molecular formula is C20H25ClN2O2S. The number of hydrogen-bond donors (Lipinski definition) is 1. The highest BCUT2D eigenvalue weighted by Gasteiger charge is 2.23. The summed E-state index contributed by atoms with van der Waals surface area (Å²) in [5, 5.41) is 5.80. The van der Waals surface area contributed by atoms with Crippen LogP contribution in [-0.4, -0.2) is 37.0 Å². The number of thiophene rings is 1. The molecule has 6 heteroatoms. The van der Waals surface area contributed by atoms with Crippen LogP contribution in [0.25, 0.3) is 0 Å². The van der Waals surface area contributed by atoms with Crippen molar-refractivity contribution >= 4 is 28.8 Å². The minimum absolute atomic E-state index is 0.0127. The van der Waals surface area contributed by atoms with E-state index in [1.165, 1.54) is 30.6 Å². The van der Waals surface area contributed by atoms with Crippen LogP contribution in [0.3, 0.4) is 0 Å². The maximum atomic E-state index is 12.2. The smallest absolute Gasteiger partial charge is 0.258 e. The van der Waals surface area contributed by atoms with Gasteiger partial charge >= 0.3 is 0 Å². The molecule has 140 valence electrons. The van der Waals surface area contributed by atoms with Crippen molar-refractivity contribution in [2.75, 3.05) is 26.2 Å². The molecule has 0 radical (unpaired) electrons. The Kier molecular flexibility index (Phi) is 7.35. The van der Waals surface area contributed by atoms with Crippen LogP contribution in [-0.2, 0) is 4.79 Å². The predicted octanol–water partition coefficient (Wildman–Crippen LogP) is 4.51. The van der Waals surface area contributed by atoms with Crippen molar-refractivity contribution in [3.8, 4) is 5.75 Å². The number of amides is 1. The number of halogens is 1. The van der Waals surface area contributed by atoms with Gasteiger partial charge in [-0.2, -0.15) is 0 Å². The Bertz CT molecular complexity index is 668. The third-order valence-electron chi connectivity index (χ3n) is 4.63. The molecule has 0 saturated carbocycles. The highest BCUT2D eigenvalue weighted by molar-refractivity contribution is 7.10. The van der Waals surface area contributed by atoms with Gasteiger partial charge in [0.15, 0.2) is 6.61 Å². The maximum Gasteiger partial charge on any atom is 0.258 e. The molecule has 1 saturated heterocycles. The Hall–Kier alpha value is -1.56. The molecule has 0 unspecified atom stereocenters. The molecule has 0 spiro atoms. The number of hydrogen-bond acceptors (Lipinski definition) is 4. The Balaban J connectivity index is 1.53. The van der Waals surface area contributed by atoms with E-state index in [9.17, 15) is 4.79 Å². The van der Waals surface area contributed by atoms with E-state index >= 15 is 0 Å². The van der Waals surface area contributed by atoms with E-state index in [1.54, 1.807) is 35.6 Å². The third kappa shape index (κ3) is 5.73. The number of nitrogens with one attached hydrogen (secondary N) is 1. The van der Waals surface area contributed by atoms with Crippen molar-refractivity contribution < 1.29 is 9.53 Å². The molecule has 26 heavy (non-hydrogen) atoms. The minimum atomic E-state index is -0.101. The molecule has 1 aliphatic rings. The van der Waals surface area contributed by atoms with Crippen molar-refractivity contribution in [2.45, 2.75) is 31.7 Å². The van der Waals surface area contributed by atoms with E-state index < -0.39 is 0 Å². The number of nitrogens with zero attached hydrogens (tertiary/aromatic N) is 1. The fourth-order valence-electron chi connectivity index (χ4n) is 3.24. The predicted molar refractivity (Wildman–Crippen MR) is 107 cm³/mol. The molecule has 0 aliphatic carbocycles. The Labute approximate surface area is 164 Å². The second kappa shape index (κ2) is 9.95. The average molecular weight is 393 g/mol. The van der Waals surface area contributed by atoms with Gasteiger partial charge in [0.05, 0.1) is 6.04 Å². The second-order valence-electron chi connectivity index (χ2n) is 6.53. The molecule has 1 aliphatic heterocycles. The van der Waals surface area contributed by atoms with Crippen LogP contribution in [0.5, 0.6) is 5.75 Å². The van der Waals surface area contributed by atoms with Gasteiger partial charge in [-0.15, -0.1) is 11.3 Å². The monoisotopic (exact) mass is 392 g/mol. The van der Waals surface area contributed by atoms with Crippen molar-refractivity contribution in [1.29, 1.82) is 0 Å². The number of carbonyl (C=O) groups is 1. The fourth-order valence-corrected chi connectivity index (χ4v) is 4.23. The quantitative estimate of drug-likeness (QED) is 0.753. The van der Waals surface area contributed by atoms with Gasteiger partial charge in [-0.1, -0.05) is 30.5 Å². The van der Waals surface area contributed by atoms with Gasteiger partial charge in [-0.05, 0) is 61.6 Å². The Morgan fingerprint density at radius 1 is 1.15 bits per heavy atom. The standard InChI is InChI=1S/C20H25ClN2O2S/c21-16-7-9-17(10-8-16)25-15-20(24)22-14-18(19-6-5-13-26-19)23-11-3-1-2-4-12-23/h5-10,13,18H,1-4,11-12,14-15H2,(H,22,24)/t18-/m1/s1. The number of rotatable bonds is 7. The van der Waals surface area contributed by atoms with Crippen LogP contribution in [0.4, 0.5) is 0 Å². The van der Waals surface area contributed by atoms with Gasteiger partial charge in [0.1, 0.15) is 5.75 Å². The van der Waals surface area contributed by atoms with Gasteiger partial charge < -0.3 is 10.1 Å². The zero-order valence-corrected chi connectivity index (χ0v) is 16.4. The number of benzene rings is 1. The first-order valence-corrected chi connectivity index (χ1v) is 10.4. The van der Waals surface area contributed by atoms with E-state index in [4.69, 9.17) is 16.3 Å². The second-order valence-corrected chi connectivity index (χ2v) is 7.94. The summed E-state index contributed by atoms with van der Waals surface area (Å²) in [5.74, 6) is 0.545. The molecule has 1 fully saturated rings. The molecule has 3 rings (SSSR count). The van der Waals surface area contributed by atoms with Crippen molar-refractivity contribution in [2.24, 2.45) is 0 Å². The van der Waals surface area contributed by atoms with E-state index in [-0.39, 0.29) is 18.6 Å². The van der Waals surface area contributed by atoms with E-state index in [2.05, 4.69) is 27.7 Å². The first kappa shape index (κ1) is 19.2. The lowest BCUT2D eigenvalue weighted by Crippen LogP contribution is -2.39. The molecule has 1 amide bonds. The lowest BCUT2D eigenvalue weighted by Gasteiger charge is -2.30. The SMILES string of the molecule is O=C(COc1ccc(Cl)cc1)NC[C@H](c1cccs1)N1CCCCCC1. The molecule has 1 aromatic carbocycles. The summed E-state index contributed by atoms with van der Waals surface area (Å²) in [7, 11) is 0. The van der Waals surface area contributed by atoms with E-state index in [0.717, 1.165) is 13.1 Å². The molecular weight excluding hydrogens is 368 g/mol. The highest BCUT2D eigenvalue weighted by atomic mass is 35.5. The van der Waals surface area contributed by atoms with Crippen molar-refractivity contribution in [3.05, 3.63) is 51.7 Å². The first-order chi connectivity index (χ1) is 12.7. The third-order valence-corrected chi connectivity index (χ3v) is 5.85.